The molecule has 4 N–H and O–H groups in total. The second-order valence-corrected chi connectivity index (χ2v) is 14.2. The van der Waals surface area contributed by atoms with Gasteiger partial charge in [-0.05, 0) is 76.1 Å². The maximum absolute atomic E-state index is 12.8. The van der Waals surface area contributed by atoms with Crippen LogP contribution in [-0.4, -0.2) is 38.7 Å². The minimum Gasteiger partial charge on any atom is -0.333 e. The first-order valence-electron chi connectivity index (χ1n) is 17.3. The Bertz CT molecular complexity index is 2210. The van der Waals surface area contributed by atoms with E-state index in [1.54, 1.807) is 11.1 Å². The van der Waals surface area contributed by atoms with E-state index in [2.05, 4.69) is 29.2 Å². The van der Waals surface area contributed by atoms with Crippen molar-refractivity contribution in [3.05, 3.63) is 171 Å². The van der Waals surface area contributed by atoms with Gasteiger partial charge >= 0.3 is 0 Å². The Morgan fingerprint density at radius 1 is 0.615 bits per heavy atom. The predicted molar refractivity (Wildman–Crippen MR) is 208 cm³/mol. The number of carbonyl (C=O) groups excluding carboxylic acids is 2. The third-order valence-electron chi connectivity index (χ3n) is 9.74. The smallest absolute Gasteiger partial charge is 0.240 e. The number of carbonyl (C=O) groups is 2. The molecule has 0 saturated heterocycles. The Balaban J connectivity index is 0.000000164. The fourth-order valence-electron chi connectivity index (χ4n) is 6.93. The van der Waals surface area contributed by atoms with Crippen LogP contribution in [0.5, 0.6) is 0 Å². The molecule has 0 saturated carbocycles. The van der Waals surface area contributed by atoms with E-state index >= 15 is 0 Å². The van der Waals surface area contributed by atoms with Gasteiger partial charge in [0.15, 0.2) is 0 Å². The highest BCUT2D eigenvalue weighted by Gasteiger charge is 2.28. The number of nitrogens with two attached hydrogens (primary N) is 2. The molecule has 0 radical (unpaired) electrons. The molecule has 3 heterocycles. The average molecular weight is 729 g/mol. The van der Waals surface area contributed by atoms with Gasteiger partial charge in [0, 0.05) is 53.4 Å². The van der Waals surface area contributed by atoms with E-state index in [0.29, 0.717) is 49.1 Å². The molecule has 9 heteroatoms. The van der Waals surface area contributed by atoms with E-state index in [0.717, 1.165) is 33.2 Å². The summed E-state index contributed by atoms with van der Waals surface area (Å²) in [4.78, 5) is 33.5. The van der Waals surface area contributed by atoms with Gasteiger partial charge in [0.1, 0.15) is 0 Å². The van der Waals surface area contributed by atoms with Crippen LogP contribution in [0.1, 0.15) is 33.4 Å². The van der Waals surface area contributed by atoms with E-state index in [4.69, 9.17) is 34.7 Å². The lowest BCUT2D eigenvalue weighted by atomic mass is 10.00. The Hall–Kier alpha value is -5.05. The molecular formula is C43H39Cl2N5O2. The van der Waals surface area contributed by atoms with E-state index in [1.165, 1.54) is 22.3 Å². The predicted octanol–water partition coefficient (Wildman–Crippen LogP) is 7.72. The van der Waals surface area contributed by atoms with Crippen molar-refractivity contribution in [2.24, 2.45) is 11.5 Å². The molecule has 5 aromatic carbocycles. The number of pyridine rings is 1. The first-order chi connectivity index (χ1) is 25.2. The third kappa shape index (κ3) is 7.88. The summed E-state index contributed by atoms with van der Waals surface area (Å²) in [6.07, 6.45) is 2.70. The van der Waals surface area contributed by atoms with Crippen LogP contribution >= 0.6 is 23.2 Å². The molecule has 0 spiro atoms. The SMILES string of the molecule is NC(Cc1ccc(-c2ccccc2Cl)cc1Cl)C(=O)N1Cc2ccccc2C1.NC(Cc1ccc2cccnc2c1)C(=O)N1Cc2ccccc2C1. The zero-order chi connectivity index (χ0) is 36.2. The highest BCUT2D eigenvalue weighted by atomic mass is 35.5. The molecule has 52 heavy (non-hydrogen) atoms. The van der Waals surface area contributed by atoms with E-state index in [-0.39, 0.29) is 11.8 Å². The molecule has 1 aromatic heterocycles. The number of halogens is 2. The van der Waals surface area contributed by atoms with Gasteiger partial charge in [-0.1, -0.05) is 120 Å². The van der Waals surface area contributed by atoms with Crippen molar-refractivity contribution in [3.63, 3.8) is 0 Å². The van der Waals surface area contributed by atoms with Crippen LogP contribution in [0.2, 0.25) is 10.0 Å². The number of amides is 2. The molecule has 2 amide bonds. The second kappa shape index (κ2) is 15.7. The number of fused-ring (bicyclic) bond motifs is 3. The van der Waals surface area contributed by atoms with Crippen LogP contribution in [0.4, 0.5) is 0 Å². The Morgan fingerprint density at radius 3 is 1.75 bits per heavy atom. The number of aromatic nitrogens is 1. The number of benzene rings is 5. The normalized spacial score (nSPS) is 14.3. The van der Waals surface area contributed by atoms with Gasteiger partial charge in [0.2, 0.25) is 11.8 Å². The molecule has 7 nitrogen and oxygen atoms in total. The number of hydrogen-bond acceptors (Lipinski definition) is 5. The van der Waals surface area contributed by atoms with Crippen molar-refractivity contribution < 1.29 is 9.59 Å². The lowest BCUT2D eigenvalue weighted by molar-refractivity contribution is -0.133. The number of hydrogen-bond donors (Lipinski definition) is 2. The molecule has 2 atom stereocenters. The summed E-state index contributed by atoms with van der Waals surface area (Å²) in [5.74, 6) is -0.0465. The lowest BCUT2D eigenvalue weighted by Gasteiger charge is -2.21. The van der Waals surface area contributed by atoms with Gasteiger partial charge in [-0.25, -0.2) is 0 Å². The fraction of sp³-hybridized carbons (Fsp3) is 0.186. The van der Waals surface area contributed by atoms with E-state index < -0.39 is 12.1 Å². The van der Waals surface area contributed by atoms with E-state index in [9.17, 15) is 9.59 Å². The van der Waals surface area contributed by atoms with Crippen molar-refractivity contribution in [2.75, 3.05) is 0 Å². The molecule has 2 aliphatic rings. The molecule has 0 fully saturated rings. The van der Waals surface area contributed by atoms with Gasteiger partial charge in [0.05, 0.1) is 17.6 Å². The zero-order valence-electron chi connectivity index (χ0n) is 28.6. The summed E-state index contributed by atoms with van der Waals surface area (Å²) in [5, 5.41) is 2.35. The Morgan fingerprint density at radius 2 is 1.17 bits per heavy atom. The van der Waals surface area contributed by atoms with Crippen LogP contribution in [0.25, 0.3) is 22.0 Å². The molecule has 262 valence electrons. The van der Waals surface area contributed by atoms with Gasteiger partial charge < -0.3 is 21.3 Å². The van der Waals surface area contributed by atoms with Crippen LogP contribution in [-0.2, 0) is 48.6 Å². The minimum atomic E-state index is -0.627. The van der Waals surface area contributed by atoms with Crippen molar-refractivity contribution in [2.45, 2.75) is 51.1 Å². The monoisotopic (exact) mass is 727 g/mol. The van der Waals surface area contributed by atoms with Gasteiger partial charge in [-0.3, -0.25) is 14.6 Å². The fourth-order valence-corrected chi connectivity index (χ4v) is 7.43. The molecular weight excluding hydrogens is 689 g/mol. The van der Waals surface area contributed by atoms with Crippen molar-refractivity contribution in [3.8, 4) is 11.1 Å². The zero-order valence-corrected chi connectivity index (χ0v) is 30.1. The molecule has 0 aliphatic carbocycles. The van der Waals surface area contributed by atoms with Crippen LogP contribution < -0.4 is 11.5 Å². The average Bonchev–Trinajstić information content (AvgIpc) is 3.80. The summed E-state index contributed by atoms with van der Waals surface area (Å²) in [6, 6.07) is 38.5. The number of rotatable bonds is 7. The molecule has 0 bridgehead atoms. The largest absolute Gasteiger partial charge is 0.333 e. The summed E-state index contributed by atoms with van der Waals surface area (Å²) < 4.78 is 0. The highest BCUT2D eigenvalue weighted by molar-refractivity contribution is 6.34. The van der Waals surface area contributed by atoms with Crippen molar-refractivity contribution in [1.29, 1.82) is 0 Å². The lowest BCUT2D eigenvalue weighted by Crippen LogP contribution is -2.42. The topological polar surface area (TPSA) is 106 Å². The van der Waals surface area contributed by atoms with Crippen molar-refractivity contribution >= 4 is 45.9 Å². The number of nitrogens with zero attached hydrogens (tertiary/aromatic N) is 3. The summed E-state index contributed by atoms with van der Waals surface area (Å²) in [5.41, 5.74) is 21.9. The van der Waals surface area contributed by atoms with Crippen LogP contribution in [0.3, 0.4) is 0 Å². The van der Waals surface area contributed by atoms with E-state index in [1.807, 2.05) is 102 Å². The van der Waals surface area contributed by atoms with Gasteiger partial charge in [0.25, 0.3) is 0 Å². The van der Waals surface area contributed by atoms with Crippen LogP contribution in [0.15, 0.2) is 128 Å². The van der Waals surface area contributed by atoms with Crippen molar-refractivity contribution in [1.82, 2.24) is 14.8 Å². The quantitative estimate of drug-likeness (QED) is 0.175. The summed E-state index contributed by atoms with van der Waals surface area (Å²) in [7, 11) is 0. The molecule has 8 rings (SSSR count). The van der Waals surface area contributed by atoms with Gasteiger partial charge in [-0.15, -0.1) is 0 Å². The third-order valence-corrected chi connectivity index (χ3v) is 10.4. The molecule has 2 unspecified atom stereocenters. The summed E-state index contributed by atoms with van der Waals surface area (Å²) >= 11 is 12.8. The summed E-state index contributed by atoms with van der Waals surface area (Å²) in [6.45, 7) is 2.54. The second-order valence-electron chi connectivity index (χ2n) is 13.4. The maximum atomic E-state index is 12.8. The highest BCUT2D eigenvalue weighted by Crippen LogP contribution is 2.32. The van der Waals surface area contributed by atoms with Gasteiger partial charge in [-0.2, -0.15) is 0 Å². The van der Waals surface area contributed by atoms with Crippen LogP contribution in [0, 0.1) is 0 Å². The standard InChI is InChI=1S/C23H20Cl2N2O.C20H19N3O/c24-20-8-4-3-7-19(20)15-9-10-16(21(25)11-15)12-22(26)23(28)27-13-17-5-1-2-6-18(17)14-27;21-18(10-14-7-8-15-6-3-9-22-19(15)11-14)20(24)23-12-16-4-1-2-5-17(16)13-23/h1-11,22H,12-14,26H2;1-9,11,18H,10,12-13,21H2. The first kappa shape index (κ1) is 35.4. The maximum Gasteiger partial charge on any atom is 0.240 e. The minimum absolute atomic E-state index is 0.00678. The Kier molecular flexibility index (Phi) is 10.7. The molecule has 2 aliphatic heterocycles. The Labute approximate surface area is 313 Å². The first-order valence-corrected chi connectivity index (χ1v) is 18.1. The molecule has 6 aromatic rings.